The van der Waals surface area contributed by atoms with E-state index in [0.717, 1.165) is 56.6 Å². The van der Waals surface area contributed by atoms with Crippen LogP contribution in [0.4, 0.5) is 4.79 Å². The maximum absolute atomic E-state index is 12.6. The average molecular weight is 713 g/mol. The molecule has 7 rings (SSSR count). The second-order valence-corrected chi connectivity index (χ2v) is 13.8. The second kappa shape index (κ2) is 19.8. The number of benzene rings is 3. The zero-order valence-corrected chi connectivity index (χ0v) is 29.8. The number of nitrogens with zero attached hydrogens (tertiary/aromatic N) is 1. The number of aromatic nitrogens is 1. The average Bonchev–Trinajstić information content (AvgIpc) is 3.17. The molecule has 3 aliphatic heterocycles. The van der Waals surface area contributed by atoms with E-state index >= 15 is 0 Å². The van der Waals surface area contributed by atoms with Crippen LogP contribution in [0.2, 0.25) is 0 Å². The quantitative estimate of drug-likeness (QED) is 0.0561. The lowest BCUT2D eigenvalue weighted by Crippen LogP contribution is -2.41. The number of fused-ring (bicyclic) bond motifs is 4. The molecule has 1 aromatic heterocycles. The summed E-state index contributed by atoms with van der Waals surface area (Å²) in [6.45, 7) is 5.61. The summed E-state index contributed by atoms with van der Waals surface area (Å²) in [6.07, 6.45) is 8.29. The van der Waals surface area contributed by atoms with E-state index in [9.17, 15) is 29.7 Å². The molecule has 6 N–H and O–H groups in total. The molecule has 11 nitrogen and oxygen atoms in total. The number of esters is 1. The van der Waals surface area contributed by atoms with Gasteiger partial charge < -0.3 is 40.6 Å². The molecule has 3 aliphatic rings. The molecule has 52 heavy (non-hydrogen) atoms. The lowest BCUT2D eigenvalue weighted by atomic mass is 9.89. The van der Waals surface area contributed by atoms with Crippen LogP contribution in [-0.2, 0) is 4.74 Å². The summed E-state index contributed by atoms with van der Waals surface area (Å²) < 4.78 is 5.47. The van der Waals surface area contributed by atoms with Crippen LogP contribution >= 0.6 is 0 Å². The van der Waals surface area contributed by atoms with Crippen molar-refractivity contribution in [1.29, 1.82) is 0 Å². The van der Waals surface area contributed by atoms with Crippen molar-refractivity contribution in [2.75, 3.05) is 39.3 Å². The molecule has 2 unspecified atom stereocenters. The van der Waals surface area contributed by atoms with E-state index < -0.39 is 24.2 Å². The molecule has 278 valence electrons. The van der Waals surface area contributed by atoms with Crippen molar-refractivity contribution < 1.29 is 29.6 Å². The number of H-pyrrole nitrogens is 1. The van der Waals surface area contributed by atoms with Gasteiger partial charge in [-0.25, -0.2) is 9.59 Å². The van der Waals surface area contributed by atoms with Gasteiger partial charge in [0.05, 0.1) is 29.8 Å². The number of carbonyl (C=O) groups excluding carboxylic acids is 1. The number of hydrogen-bond acceptors (Lipinski definition) is 8. The Bertz CT molecular complexity index is 1770. The van der Waals surface area contributed by atoms with Gasteiger partial charge >= 0.3 is 12.1 Å². The van der Waals surface area contributed by atoms with E-state index in [1.165, 1.54) is 51.0 Å². The van der Waals surface area contributed by atoms with Gasteiger partial charge in [-0.15, -0.1) is 0 Å². The summed E-state index contributed by atoms with van der Waals surface area (Å²) in [4.78, 5) is 40.8. The van der Waals surface area contributed by atoms with Gasteiger partial charge in [-0.2, -0.15) is 0 Å². The van der Waals surface area contributed by atoms with Gasteiger partial charge in [0.15, 0.2) is 0 Å². The van der Waals surface area contributed by atoms with Gasteiger partial charge in [-0.3, -0.25) is 4.79 Å². The molecule has 3 fully saturated rings. The molecule has 3 aromatic carbocycles. The minimum absolute atomic E-state index is 0.0329. The Hall–Kier alpha value is -4.71. The molecule has 4 aromatic rings. The third-order valence-electron chi connectivity index (χ3n) is 10.0. The number of aliphatic hydroxyl groups is 1. The number of aliphatic hydroxyl groups excluding tert-OH is 1. The predicted molar refractivity (Wildman–Crippen MR) is 202 cm³/mol. The van der Waals surface area contributed by atoms with Crippen LogP contribution in [0.25, 0.3) is 10.9 Å². The Morgan fingerprint density at radius 3 is 2.21 bits per heavy atom. The third kappa shape index (κ3) is 11.4. The number of amides is 1. The largest absolute Gasteiger partial charge is 0.506 e. The number of phenolic OH excluding ortho intramolecular Hbond substituents is 1. The maximum Gasteiger partial charge on any atom is 0.405 e. The zero-order valence-electron chi connectivity index (χ0n) is 29.8. The Morgan fingerprint density at radius 1 is 0.846 bits per heavy atom. The number of nitrogens with one attached hydrogen (secondary N) is 3. The summed E-state index contributed by atoms with van der Waals surface area (Å²) in [5.74, 6) is 0.644. The fraction of sp³-hybridized carbons (Fsp3) is 0.439. The first-order valence-corrected chi connectivity index (χ1v) is 18.6. The summed E-state index contributed by atoms with van der Waals surface area (Å²) in [5.41, 5.74) is 2.45. The molecule has 3 saturated heterocycles. The van der Waals surface area contributed by atoms with Gasteiger partial charge in [-0.1, -0.05) is 74.2 Å². The summed E-state index contributed by atoms with van der Waals surface area (Å²) >= 11 is 0. The topological polar surface area (TPSA) is 164 Å². The smallest absolute Gasteiger partial charge is 0.405 e. The number of ether oxygens (including phenoxy) is 1. The van der Waals surface area contributed by atoms with Gasteiger partial charge in [-0.05, 0) is 105 Å². The number of carboxylic acid groups (broad SMARTS) is 1. The van der Waals surface area contributed by atoms with Crippen molar-refractivity contribution in [3.8, 4) is 5.75 Å². The monoisotopic (exact) mass is 712 g/mol. The minimum atomic E-state index is -1.15. The maximum atomic E-state index is 12.6. The van der Waals surface area contributed by atoms with E-state index in [0.29, 0.717) is 40.7 Å². The highest BCUT2D eigenvalue weighted by atomic mass is 16.5. The number of phenols is 1. The number of hydrogen-bond donors (Lipinski definition) is 6. The number of rotatable bonds is 16. The van der Waals surface area contributed by atoms with Crippen molar-refractivity contribution in [2.45, 2.75) is 69.9 Å². The van der Waals surface area contributed by atoms with Crippen molar-refractivity contribution >= 4 is 23.0 Å². The number of pyridine rings is 1. The van der Waals surface area contributed by atoms with E-state index in [1.807, 2.05) is 30.3 Å². The molecule has 0 spiro atoms. The van der Waals surface area contributed by atoms with Crippen LogP contribution in [0.1, 0.15) is 97.0 Å². The first-order chi connectivity index (χ1) is 25.3. The summed E-state index contributed by atoms with van der Waals surface area (Å²) in [5, 5.41) is 36.4. The molecule has 4 heterocycles. The van der Waals surface area contributed by atoms with Crippen molar-refractivity contribution in [2.24, 2.45) is 5.92 Å². The predicted octanol–water partition coefficient (Wildman–Crippen LogP) is 6.51. The minimum Gasteiger partial charge on any atom is -0.506 e. The molecule has 0 aliphatic carbocycles. The van der Waals surface area contributed by atoms with Crippen LogP contribution in [0.15, 0.2) is 83.7 Å². The lowest BCUT2D eigenvalue weighted by Gasteiger charge is -2.38. The molecular formula is C41H52N4O7. The SMILES string of the molecule is C1CN2CCC1CC2.O=C(O)NC(c1ccccc1)c1cccc(C(=O)OCCCCCCCCNCC(O)c2ccc(O)c3[nH]c(=O)ccc23)c1. The number of carbonyl (C=O) groups is 2. The van der Waals surface area contributed by atoms with Crippen LogP contribution < -0.4 is 16.2 Å². The van der Waals surface area contributed by atoms with E-state index in [-0.39, 0.29) is 11.3 Å². The Kier molecular flexibility index (Phi) is 14.6. The zero-order chi connectivity index (χ0) is 36.7. The lowest BCUT2D eigenvalue weighted by molar-refractivity contribution is 0.0497. The normalized spacial score (nSPS) is 17.5. The van der Waals surface area contributed by atoms with Crippen LogP contribution in [-0.4, -0.2) is 76.6 Å². The molecule has 0 radical (unpaired) electrons. The number of piperidine rings is 3. The molecule has 1 amide bonds. The second-order valence-electron chi connectivity index (χ2n) is 13.8. The molecule has 0 saturated carbocycles. The van der Waals surface area contributed by atoms with Gasteiger partial charge in [0.2, 0.25) is 5.56 Å². The summed E-state index contributed by atoms with van der Waals surface area (Å²) in [6, 6.07) is 21.5. The van der Waals surface area contributed by atoms with Crippen molar-refractivity contribution in [3.05, 3.63) is 111 Å². The first kappa shape index (κ1) is 38.5. The van der Waals surface area contributed by atoms with Gasteiger partial charge in [0.25, 0.3) is 0 Å². The number of aromatic hydroxyl groups is 1. The fourth-order valence-corrected chi connectivity index (χ4v) is 7.04. The fourth-order valence-electron chi connectivity index (χ4n) is 7.04. The standard InChI is InChI=1S/C34H39N3O7.C7H13N/c38-28-17-15-26(27-16-18-30(40)36-32(27)28)29(39)22-35-19-8-3-1-2-4-9-20-44-33(41)25-14-10-13-24(21-25)31(37-34(42)43)23-11-6-5-7-12-23;1-4-8-5-2-7(1)3-6-8/h5-7,10-18,21,29,31,35,37-39H,1-4,8-9,19-20,22H2,(H,36,40)(H,42,43);7H,1-6H2. The highest BCUT2D eigenvalue weighted by Crippen LogP contribution is 2.29. The van der Waals surface area contributed by atoms with Crippen molar-refractivity contribution in [1.82, 2.24) is 20.5 Å². The van der Waals surface area contributed by atoms with Gasteiger partial charge in [0, 0.05) is 18.0 Å². The Balaban J connectivity index is 0.000000567. The van der Waals surface area contributed by atoms with E-state index in [2.05, 4.69) is 20.5 Å². The van der Waals surface area contributed by atoms with Crippen LogP contribution in [0, 0.1) is 5.92 Å². The first-order valence-electron chi connectivity index (χ1n) is 18.6. The van der Waals surface area contributed by atoms with Crippen LogP contribution in [0.3, 0.4) is 0 Å². The molecule has 11 heteroatoms. The molecule has 2 bridgehead atoms. The van der Waals surface area contributed by atoms with Gasteiger partial charge in [0.1, 0.15) is 5.75 Å². The molecular weight excluding hydrogens is 660 g/mol. The molecule has 2 atom stereocenters. The highest BCUT2D eigenvalue weighted by molar-refractivity contribution is 5.89. The number of aromatic amines is 1. The van der Waals surface area contributed by atoms with Crippen LogP contribution in [0.5, 0.6) is 5.75 Å². The Labute approximate surface area is 305 Å². The summed E-state index contributed by atoms with van der Waals surface area (Å²) in [7, 11) is 0. The number of unbranched alkanes of at least 4 members (excludes halogenated alkanes) is 5. The van der Waals surface area contributed by atoms with Crippen molar-refractivity contribution in [3.63, 3.8) is 0 Å². The van der Waals surface area contributed by atoms with E-state index in [1.54, 1.807) is 36.4 Å². The highest BCUT2D eigenvalue weighted by Gasteiger charge is 2.24. The third-order valence-corrected chi connectivity index (χ3v) is 10.0. The van der Waals surface area contributed by atoms with E-state index in [4.69, 9.17) is 4.74 Å². The Morgan fingerprint density at radius 2 is 1.54 bits per heavy atom.